The van der Waals surface area contributed by atoms with Crippen molar-refractivity contribution in [3.8, 4) is 0 Å². The van der Waals surface area contributed by atoms with Gasteiger partial charge in [-0.15, -0.1) is 0 Å². The smallest absolute Gasteiger partial charge is 0.255 e. The van der Waals surface area contributed by atoms with Crippen LogP contribution in [0.1, 0.15) is 54.8 Å². The molecule has 2 N–H and O–H groups in total. The van der Waals surface area contributed by atoms with Gasteiger partial charge in [0.1, 0.15) is 18.0 Å². The lowest BCUT2D eigenvalue weighted by Crippen LogP contribution is -2.42. The minimum Gasteiger partial charge on any atom is -0.360 e. The molecule has 2 fully saturated rings. The van der Waals surface area contributed by atoms with Crippen LogP contribution < -0.4 is 5.32 Å². The van der Waals surface area contributed by atoms with Gasteiger partial charge in [0.25, 0.3) is 5.91 Å². The van der Waals surface area contributed by atoms with Crippen molar-refractivity contribution in [1.29, 1.82) is 0 Å². The van der Waals surface area contributed by atoms with Crippen molar-refractivity contribution < 1.29 is 4.79 Å². The van der Waals surface area contributed by atoms with E-state index in [1.807, 2.05) is 30.0 Å². The molecule has 2 aromatic carbocycles. The van der Waals surface area contributed by atoms with Crippen molar-refractivity contribution in [2.75, 3.05) is 31.5 Å². The van der Waals surface area contributed by atoms with Crippen LogP contribution in [-0.2, 0) is 0 Å². The van der Waals surface area contributed by atoms with Crippen LogP contribution in [0.3, 0.4) is 0 Å². The minimum absolute atomic E-state index is 0.0176. The molecule has 4 aromatic rings. The predicted octanol–water partition coefficient (Wildman–Crippen LogP) is 5.69. The molecule has 2 aliphatic rings. The summed E-state index contributed by atoms with van der Waals surface area (Å²) in [5.41, 5.74) is 2.88. The van der Waals surface area contributed by atoms with Gasteiger partial charge in [0.15, 0.2) is 0 Å². The second-order valence-electron chi connectivity index (χ2n) is 10.0. The number of carbonyl (C=O) groups excluding carboxylic acids is 1. The second-order valence-corrected chi connectivity index (χ2v) is 10.9. The number of anilines is 1. The molecule has 4 heterocycles. The van der Waals surface area contributed by atoms with Crippen LogP contribution in [0.5, 0.6) is 0 Å². The Morgan fingerprint density at radius 2 is 1.95 bits per heavy atom. The molecular weight excluding hydrogens is 509 g/mol. The quantitative estimate of drug-likeness (QED) is 0.328. The van der Waals surface area contributed by atoms with E-state index in [1.165, 1.54) is 19.2 Å². The number of benzene rings is 2. The van der Waals surface area contributed by atoms with Crippen molar-refractivity contribution in [2.24, 2.45) is 0 Å². The monoisotopic (exact) mass is 537 g/mol. The number of likely N-dealkylation sites (tertiary alicyclic amines) is 2. The Bertz CT molecular complexity index is 1470. The molecule has 0 radical (unpaired) electrons. The van der Waals surface area contributed by atoms with E-state index in [2.05, 4.69) is 30.2 Å². The summed E-state index contributed by atoms with van der Waals surface area (Å²) in [5.74, 6) is 1.38. The Hall–Kier alpha value is -2.94. The highest BCUT2D eigenvalue weighted by Gasteiger charge is 2.32. The normalized spacial score (nSPS) is 19.2. The van der Waals surface area contributed by atoms with E-state index in [1.54, 1.807) is 12.1 Å². The highest BCUT2D eigenvalue weighted by molar-refractivity contribution is 6.35. The van der Waals surface area contributed by atoms with E-state index in [0.717, 1.165) is 61.3 Å². The fraction of sp³-hybridized carbons (Fsp3) is 0.407. The molecule has 1 amide bonds. The van der Waals surface area contributed by atoms with Crippen molar-refractivity contribution >= 4 is 56.9 Å². The number of aromatic nitrogens is 4. The van der Waals surface area contributed by atoms with E-state index in [-0.39, 0.29) is 18.0 Å². The fourth-order valence-electron chi connectivity index (χ4n) is 5.54. The third-order valence-corrected chi connectivity index (χ3v) is 8.03. The zero-order chi connectivity index (χ0) is 25.5. The highest BCUT2D eigenvalue weighted by Crippen LogP contribution is 2.31. The first-order valence-corrected chi connectivity index (χ1v) is 13.6. The number of rotatable bonds is 6. The first-order chi connectivity index (χ1) is 18.0. The van der Waals surface area contributed by atoms with Crippen molar-refractivity contribution in [1.82, 2.24) is 29.7 Å². The molecular formula is C27H29Cl2N7O. The van der Waals surface area contributed by atoms with Crippen LogP contribution >= 0.6 is 23.2 Å². The van der Waals surface area contributed by atoms with Gasteiger partial charge >= 0.3 is 0 Å². The second kappa shape index (κ2) is 10.1. The third kappa shape index (κ3) is 4.85. The number of nitrogens with zero attached hydrogens (tertiary/aromatic N) is 5. The number of hydrogen-bond acceptors (Lipinski definition) is 6. The van der Waals surface area contributed by atoms with Gasteiger partial charge in [-0.05, 0) is 76.0 Å². The molecule has 0 aliphatic carbocycles. The lowest BCUT2D eigenvalue weighted by molar-refractivity contribution is 0.0709. The molecule has 0 bridgehead atoms. The predicted molar refractivity (Wildman–Crippen MR) is 147 cm³/mol. The number of amides is 1. The van der Waals surface area contributed by atoms with E-state index in [4.69, 9.17) is 23.2 Å². The molecule has 0 spiro atoms. The molecule has 8 nitrogen and oxygen atoms in total. The number of imidazole rings is 1. The first kappa shape index (κ1) is 24.4. The number of aromatic amines is 1. The van der Waals surface area contributed by atoms with Gasteiger partial charge < -0.3 is 20.1 Å². The summed E-state index contributed by atoms with van der Waals surface area (Å²) in [4.78, 5) is 35.0. The number of fused-ring (bicyclic) bond motifs is 2. The highest BCUT2D eigenvalue weighted by atomic mass is 35.5. The van der Waals surface area contributed by atoms with Gasteiger partial charge in [0.2, 0.25) is 0 Å². The molecule has 0 saturated carbocycles. The summed E-state index contributed by atoms with van der Waals surface area (Å²) in [5, 5.41) is 5.23. The maximum Gasteiger partial charge on any atom is 0.255 e. The molecule has 10 heteroatoms. The molecule has 0 unspecified atom stereocenters. The minimum atomic E-state index is -0.166. The standard InChI is InChI=1S/C27H29Cl2N7O/c1-16(25-33-22-7-6-17(28)11-24(22)34-25)32-26-20-12-21(29)19(13-23(20)30-15-31-26)27(37)36-10-4-5-18(36)14-35-8-2-3-9-35/h6-7,11-13,15-16,18H,2-5,8-10,14H2,1H3,(H,33,34)(H,30,31,32)/t16-,18-/m0/s1. The van der Waals surface area contributed by atoms with Crippen LogP contribution in [-0.4, -0.2) is 67.9 Å². The maximum absolute atomic E-state index is 13.6. The Morgan fingerprint density at radius 1 is 1.11 bits per heavy atom. The summed E-state index contributed by atoms with van der Waals surface area (Å²) < 4.78 is 0. The Kier molecular flexibility index (Phi) is 6.65. The number of hydrogen-bond donors (Lipinski definition) is 2. The van der Waals surface area contributed by atoms with Gasteiger partial charge in [-0.3, -0.25) is 4.79 Å². The summed E-state index contributed by atoms with van der Waals surface area (Å²) in [6.07, 6.45) is 6.06. The molecule has 192 valence electrons. The van der Waals surface area contributed by atoms with Crippen molar-refractivity contribution in [3.63, 3.8) is 0 Å². The van der Waals surface area contributed by atoms with Gasteiger partial charge in [-0.1, -0.05) is 23.2 Å². The SMILES string of the molecule is C[C@H](Nc1ncnc2cc(C(=O)N3CCC[C@H]3CN3CCCC3)c(Cl)cc12)c1nc2cc(Cl)ccc2[nH]1. The lowest BCUT2D eigenvalue weighted by atomic mass is 10.1. The number of H-pyrrole nitrogens is 1. The number of carbonyl (C=O) groups is 1. The Labute approximate surface area is 225 Å². The van der Waals surface area contributed by atoms with E-state index < -0.39 is 0 Å². The van der Waals surface area contributed by atoms with Gasteiger partial charge in [-0.25, -0.2) is 15.0 Å². The molecule has 37 heavy (non-hydrogen) atoms. The van der Waals surface area contributed by atoms with Crippen molar-refractivity contribution in [2.45, 2.75) is 44.7 Å². The number of halogens is 2. The first-order valence-electron chi connectivity index (χ1n) is 12.9. The molecule has 6 rings (SSSR count). The van der Waals surface area contributed by atoms with Crippen molar-refractivity contribution in [3.05, 3.63) is 58.1 Å². The molecule has 2 aliphatic heterocycles. The van der Waals surface area contributed by atoms with Crippen LogP contribution in [0.15, 0.2) is 36.7 Å². The summed E-state index contributed by atoms with van der Waals surface area (Å²) in [6.45, 7) is 5.96. The average molecular weight is 538 g/mol. The van der Waals surface area contributed by atoms with Crippen LogP contribution in [0.4, 0.5) is 5.82 Å². The van der Waals surface area contributed by atoms with E-state index in [9.17, 15) is 4.79 Å². The summed E-state index contributed by atoms with van der Waals surface area (Å²) >= 11 is 12.8. The summed E-state index contributed by atoms with van der Waals surface area (Å²) in [6, 6.07) is 9.24. The molecule has 2 atom stereocenters. The van der Waals surface area contributed by atoms with Gasteiger partial charge in [0.05, 0.1) is 33.2 Å². The maximum atomic E-state index is 13.6. The average Bonchev–Trinajstić information content (AvgIpc) is 3.65. The number of nitrogens with one attached hydrogen (secondary N) is 2. The Balaban J connectivity index is 1.25. The van der Waals surface area contributed by atoms with Crippen LogP contribution in [0.2, 0.25) is 10.0 Å². The topological polar surface area (TPSA) is 90.0 Å². The van der Waals surface area contributed by atoms with E-state index in [0.29, 0.717) is 26.9 Å². The Morgan fingerprint density at radius 3 is 2.78 bits per heavy atom. The third-order valence-electron chi connectivity index (χ3n) is 7.49. The van der Waals surface area contributed by atoms with Crippen LogP contribution in [0, 0.1) is 0 Å². The zero-order valence-corrected chi connectivity index (χ0v) is 22.2. The zero-order valence-electron chi connectivity index (χ0n) is 20.7. The summed E-state index contributed by atoms with van der Waals surface area (Å²) in [7, 11) is 0. The lowest BCUT2D eigenvalue weighted by Gasteiger charge is -2.29. The molecule has 2 saturated heterocycles. The van der Waals surface area contributed by atoms with Gasteiger partial charge in [-0.2, -0.15) is 0 Å². The largest absolute Gasteiger partial charge is 0.360 e. The van der Waals surface area contributed by atoms with E-state index >= 15 is 0 Å². The fourth-order valence-corrected chi connectivity index (χ4v) is 5.95. The van der Waals surface area contributed by atoms with Crippen LogP contribution in [0.25, 0.3) is 21.9 Å². The molecule has 2 aromatic heterocycles. The van der Waals surface area contributed by atoms with Gasteiger partial charge in [0, 0.05) is 29.5 Å².